The number of aliphatic hydroxyl groups excluding tert-OH is 1. The van der Waals surface area contributed by atoms with Gasteiger partial charge in [-0.15, -0.1) is 0 Å². The second-order valence-corrected chi connectivity index (χ2v) is 4.66. The lowest BCUT2D eigenvalue weighted by molar-refractivity contribution is -0.0859. The molecule has 0 radical (unpaired) electrons. The van der Waals surface area contributed by atoms with Crippen LogP contribution in [0, 0.1) is 0 Å². The fourth-order valence-electron chi connectivity index (χ4n) is 1.21. The van der Waals surface area contributed by atoms with Crippen LogP contribution in [0.25, 0.3) is 0 Å². The van der Waals surface area contributed by atoms with Crippen molar-refractivity contribution in [2.75, 3.05) is 13.2 Å². The molecule has 15 heavy (non-hydrogen) atoms. The monoisotopic (exact) mass is 218 g/mol. The van der Waals surface area contributed by atoms with Gasteiger partial charge in [-0.25, -0.2) is 0 Å². The summed E-state index contributed by atoms with van der Waals surface area (Å²) in [5, 5.41) is 18.9. The van der Waals surface area contributed by atoms with E-state index in [2.05, 4.69) is 6.92 Å². The normalized spacial score (nSPS) is 14.2. The van der Waals surface area contributed by atoms with Crippen molar-refractivity contribution in [1.29, 1.82) is 0 Å². The van der Waals surface area contributed by atoms with Crippen LogP contribution in [-0.4, -0.2) is 35.1 Å². The molecule has 0 aromatic rings. The lowest BCUT2D eigenvalue weighted by Crippen LogP contribution is -2.39. The third kappa shape index (κ3) is 8.85. The van der Waals surface area contributed by atoms with Crippen LogP contribution < -0.4 is 0 Å². The predicted molar refractivity (Wildman–Crippen MR) is 61.9 cm³/mol. The topological polar surface area (TPSA) is 49.7 Å². The molecule has 0 aliphatic rings. The van der Waals surface area contributed by atoms with Crippen LogP contribution in [0.1, 0.15) is 52.9 Å². The van der Waals surface area contributed by atoms with Crippen LogP contribution >= 0.6 is 0 Å². The van der Waals surface area contributed by atoms with Gasteiger partial charge >= 0.3 is 0 Å². The SMILES string of the molecule is CCCCCCCOCC(O)C(C)(C)O. The van der Waals surface area contributed by atoms with Gasteiger partial charge in [0.25, 0.3) is 0 Å². The molecular formula is C12H26O3. The number of hydrogen-bond donors (Lipinski definition) is 2. The highest BCUT2D eigenvalue weighted by Crippen LogP contribution is 2.09. The molecule has 0 aromatic carbocycles. The standard InChI is InChI=1S/C12H26O3/c1-4-5-6-7-8-9-15-10-11(13)12(2,3)14/h11,13-14H,4-10H2,1-3H3. The van der Waals surface area contributed by atoms with Crippen molar-refractivity contribution in [3.63, 3.8) is 0 Å². The van der Waals surface area contributed by atoms with Gasteiger partial charge in [-0.2, -0.15) is 0 Å². The maximum absolute atomic E-state index is 9.45. The van der Waals surface area contributed by atoms with E-state index < -0.39 is 11.7 Å². The summed E-state index contributed by atoms with van der Waals surface area (Å²) < 4.78 is 5.29. The molecule has 0 saturated heterocycles. The Kier molecular flexibility index (Phi) is 8.02. The third-order valence-corrected chi connectivity index (χ3v) is 2.48. The molecule has 3 heteroatoms. The Morgan fingerprint density at radius 1 is 1.13 bits per heavy atom. The first-order chi connectivity index (χ1) is 6.98. The minimum Gasteiger partial charge on any atom is -0.388 e. The molecule has 0 saturated carbocycles. The summed E-state index contributed by atoms with van der Waals surface area (Å²) in [6.07, 6.45) is 5.22. The van der Waals surface area contributed by atoms with E-state index in [9.17, 15) is 10.2 Å². The number of aliphatic hydroxyl groups is 2. The first kappa shape index (κ1) is 14.9. The number of unbranched alkanes of at least 4 members (excludes halogenated alkanes) is 4. The molecule has 0 aliphatic heterocycles. The molecule has 0 heterocycles. The molecule has 0 spiro atoms. The largest absolute Gasteiger partial charge is 0.388 e. The van der Waals surface area contributed by atoms with E-state index in [-0.39, 0.29) is 6.61 Å². The van der Waals surface area contributed by atoms with Crippen molar-refractivity contribution in [2.24, 2.45) is 0 Å². The molecule has 2 N–H and O–H groups in total. The van der Waals surface area contributed by atoms with Gasteiger partial charge in [0.15, 0.2) is 0 Å². The van der Waals surface area contributed by atoms with Gasteiger partial charge < -0.3 is 14.9 Å². The first-order valence-corrected chi connectivity index (χ1v) is 5.96. The van der Waals surface area contributed by atoms with Crippen LogP contribution in [-0.2, 0) is 4.74 Å². The average molecular weight is 218 g/mol. The summed E-state index contributed by atoms with van der Waals surface area (Å²) in [5.74, 6) is 0. The summed E-state index contributed by atoms with van der Waals surface area (Å²) in [7, 11) is 0. The minimum absolute atomic E-state index is 0.220. The fraction of sp³-hybridized carbons (Fsp3) is 1.00. The average Bonchev–Trinajstić information content (AvgIpc) is 2.14. The van der Waals surface area contributed by atoms with Gasteiger partial charge in [0.1, 0.15) is 6.10 Å². The number of hydrogen-bond acceptors (Lipinski definition) is 3. The van der Waals surface area contributed by atoms with E-state index in [0.717, 1.165) is 6.42 Å². The molecule has 1 atom stereocenters. The molecule has 0 bridgehead atoms. The zero-order valence-corrected chi connectivity index (χ0v) is 10.3. The van der Waals surface area contributed by atoms with Crippen molar-refractivity contribution < 1.29 is 14.9 Å². The van der Waals surface area contributed by atoms with Crippen LogP contribution in [0.2, 0.25) is 0 Å². The van der Waals surface area contributed by atoms with Crippen molar-refractivity contribution in [3.8, 4) is 0 Å². The van der Waals surface area contributed by atoms with Crippen molar-refractivity contribution in [1.82, 2.24) is 0 Å². The highest BCUT2D eigenvalue weighted by molar-refractivity contribution is 4.75. The summed E-state index contributed by atoms with van der Waals surface area (Å²) in [4.78, 5) is 0. The Morgan fingerprint density at radius 3 is 2.27 bits per heavy atom. The van der Waals surface area contributed by atoms with E-state index in [1.165, 1.54) is 25.7 Å². The Balaban J connectivity index is 3.24. The summed E-state index contributed by atoms with van der Waals surface area (Å²) in [6.45, 7) is 6.26. The lowest BCUT2D eigenvalue weighted by Gasteiger charge is -2.24. The zero-order valence-electron chi connectivity index (χ0n) is 10.3. The van der Waals surface area contributed by atoms with Gasteiger partial charge in [-0.1, -0.05) is 32.6 Å². The second-order valence-electron chi connectivity index (χ2n) is 4.66. The fourth-order valence-corrected chi connectivity index (χ4v) is 1.21. The Hall–Kier alpha value is -0.120. The van der Waals surface area contributed by atoms with Gasteiger partial charge in [0.2, 0.25) is 0 Å². The molecule has 1 unspecified atom stereocenters. The van der Waals surface area contributed by atoms with Crippen molar-refractivity contribution in [2.45, 2.75) is 64.6 Å². The molecule has 92 valence electrons. The summed E-state index contributed by atoms with van der Waals surface area (Å²) >= 11 is 0. The van der Waals surface area contributed by atoms with Crippen LogP contribution in [0.3, 0.4) is 0 Å². The van der Waals surface area contributed by atoms with Crippen LogP contribution in [0.5, 0.6) is 0 Å². The zero-order chi connectivity index (χ0) is 11.7. The summed E-state index contributed by atoms with van der Waals surface area (Å²) in [6, 6.07) is 0. The predicted octanol–water partition coefficient (Wildman–Crippen LogP) is 2.11. The Morgan fingerprint density at radius 2 is 1.73 bits per heavy atom. The summed E-state index contributed by atoms with van der Waals surface area (Å²) in [5.41, 5.74) is -1.07. The van der Waals surface area contributed by atoms with E-state index in [1.807, 2.05) is 0 Å². The Bertz CT molecular complexity index is 140. The molecule has 0 fully saturated rings. The van der Waals surface area contributed by atoms with Crippen LogP contribution in [0.4, 0.5) is 0 Å². The van der Waals surface area contributed by atoms with Gasteiger partial charge in [0, 0.05) is 6.61 Å². The highest BCUT2D eigenvalue weighted by Gasteiger charge is 2.24. The molecule has 3 nitrogen and oxygen atoms in total. The van der Waals surface area contributed by atoms with Crippen molar-refractivity contribution in [3.05, 3.63) is 0 Å². The first-order valence-electron chi connectivity index (χ1n) is 5.96. The lowest BCUT2D eigenvalue weighted by atomic mass is 10.0. The van der Waals surface area contributed by atoms with E-state index in [4.69, 9.17) is 4.74 Å². The molecule has 0 aromatic heterocycles. The Labute approximate surface area is 93.5 Å². The molecule has 0 amide bonds. The molecule has 0 rings (SSSR count). The van der Waals surface area contributed by atoms with E-state index in [1.54, 1.807) is 13.8 Å². The molecular weight excluding hydrogens is 192 g/mol. The van der Waals surface area contributed by atoms with Crippen molar-refractivity contribution >= 4 is 0 Å². The van der Waals surface area contributed by atoms with Gasteiger partial charge in [-0.05, 0) is 20.3 Å². The third-order valence-electron chi connectivity index (χ3n) is 2.48. The van der Waals surface area contributed by atoms with E-state index in [0.29, 0.717) is 6.61 Å². The number of ether oxygens (including phenoxy) is 1. The van der Waals surface area contributed by atoms with Gasteiger partial charge in [0.05, 0.1) is 12.2 Å². The number of rotatable bonds is 9. The second kappa shape index (κ2) is 8.08. The highest BCUT2D eigenvalue weighted by atomic mass is 16.5. The van der Waals surface area contributed by atoms with Gasteiger partial charge in [-0.3, -0.25) is 0 Å². The minimum atomic E-state index is -1.07. The van der Waals surface area contributed by atoms with E-state index >= 15 is 0 Å². The smallest absolute Gasteiger partial charge is 0.105 e. The maximum Gasteiger partial charge on any atom is 0.105 e. The maximum atomic E-state index is 9.45. The van der Waals surface area contributed by atoms with Crippen LogP contribution in [0.15, 0.2) is 0 Å². The quantitative estimate of drug-likeness (QED) is 0.583. The molecule has 0 aliphatic carbocycles.